The van der Waals surface area contributed by atoms with Gasteiger partial charge in [-0.2, -0.15) is 4.52 Å². The first-order chi connectivity index (χ1) is 12.1. The van der Waals surface area contributed by atoms with Gasteiger partial charge in [0.1, 0.15) is 24.2 Å². The number of aromatic nitrogens is 5. The van der Waals surface area contributed by atoms with Crippen LogP contribution < -0.4 is 9.80 Å². The lowest BCUT2D eigenvalue weighted by Gasteiger charge is -2.36. The van der Waals surface area contributed by atoms with Gasteiger partial charge in [0, 0.05) is 32.2 Å². The predicted molar refractivity (Wildman–Crippen MR) is 90.8 cm³/mol. The Morgan fingerprint density at radius 2 is 1.92 bits per heavy atom. The van der Waals surface area contributed by atoms with Crippen LogP contribution in [-0.4, -0.2) is 55.9 Å². The fourth-order valence-corrected chi connectivity index (χ4v) is 3.02. The Kier molecular flexibility index (Phi) is 3.64. The first-order valence-electron chi connectivity index (χ1n) is 7.90. The maximum atomic E-state index is 10.8. The van der Waals surface area contributed by atoms with Gasteiger partial charge in [-0.05, 0) is 24.6 Å². The van der Waals surface area contributed by atoms with E-state index in [0.717, 1.165) is 43.4 Å². The normalized spacial score (nSPS) is 14.9. The number of aryl methyl sites for hydroxylation is 1. The van der Waals surface area contributed by atoms with Crippen LogP contribution in [0.25, 0.3) is 5.65 Å². The molecule has 10 heteroatoms. The van der Waals surface area contributed by atoms with E-state index in [-0.39, 0.29) is 5.69 Å². The smallest absolute Gasteiger partial charge is 0.287 e. The molecule has 25 heavy (non-hydrogen) atoms. The lowest BCUT2D eigenvalue weighted by molar-refractivity contribution is -0.385. The fourth-order valence-electron chi connectivity index (χ4n) is 3.02. The van der Waals surface area contributed by atoms with Crippen LogP contribution >= 0.6 is 0 Å². The molecule has 0 radical (unpaired) electrons. The van der Waals surface area contributed by atoms with Crippen molar-refractivity contribution in [1.82, 2.24) is 24.8 Å². The van der Waals surface area contributed by atoms with Crippen molar-refractivity contribution in [2.45, 2.75) is 6.92 Å². The highest BCUT2D eigenvalue weighted by Gasteiger charge is 2.22. The van der Waals surface area contributed by atoms with Crippen LogP contribution in [0.3, 0.4) is 0 Å². The minimum atomic E-state index is -0.422. The lowest BCUT2D eigenvalue weighted by atomic mass is 10.2. The summed E-state index contributed by atoms with van der Waals surface area (Å²) in [5.74, 6) is 1.67. The van der Waals surface area contributed by atoms with Gasteiger partial charge >= 0.3 is 0 Å². The Labute approximate surface area is 142 Å². The molecular weight excluding hydrogens is 324 g/mol. The number of pyridine rings is 1. The summed E-state index contributed by atoms with van der Waals surface area (Å²) in [5.41, 5.74) is 1.55. The first kappa shape index (κ1) is 15.2. The summed E-state index contributed by atoms with van der Waals surface area (Å²) in [7, 11) is 0. The Hall–Kier alpha value is -3.30. The summed E-state index contributed by atoms with van der Waals surface area (Å²) in [5, 5.41) is 23.1. The molecule has 128 valence electrons. The van der Waals surface area contributed by atoms with Gasteiger partial charge in [-0.15, -0.1) is 15.3 Å². The van der Waals surface area contributed by atoms with Gasteiger partial charge in [0.25, 0.3) is 5.69 Å². The second-order valence-electron chi connectivity index (χ2n) is 5.89. The molecule has 0 bridgehead atoms. The van der Waals surface area contributed by atoms with Crippen molar-refractivity contribution in [1.29, 1.82) is 0 Å². The summed E-state index contributed by atoms with van der Waals surface area (Å²) in [6.45, 7) is 4.97. The molecule has 0 unspecified atom stereocenters. The second kappa shape index (κ2) is 5.96. The van der Waals surface area contributed by atoms with Crippen LogP contribution in [0.2, 0.25) is 0 Å². The number of nitrogens with zero attached hydrogens (tertiary/aromatic N) is 8. The van der Waals surface area contributed by atoms with Crippen molar-refractivity contribution in [3.63, 3.8) is 0 Å². The number of fused-ring (bicyclic) bond motifs is 1. The molecule has 0 atom stereocenters. The topological polar surface area (TPSA) is 106 Å². The summed E-state index contributed by atoms with van der Waals surface area (Å²) in [6.07, 6.45) is 2.90. The highest BCUT2D eigenvalue weighted by molar-refractivity contribution is 5.52. The molecule has 4 rings (SSSR count). The molecular formula is C15H16N8O2. The Morgan fingerprint density at radius 3 is 2.64 bits per heavy atom. The monoisotopic (exact) mass is 340 g/mol. The van der Waals surface area contributed by atoms with Crippen LogP contribution in [0, 0.1) is 17.0 Å². The van der Waals surface area contributed by atoms with E-state index in [0.29, 0.717) is 5.65 Å². The number of hydrogen-bond acceptors (Lipinski definition) is 8. The Morgan fingerprint density at radius 1 is 1.16 bits per heavy atom. The van der Waals surface area contributed by atoms with Crippen LogP contribution in [0.5, 0.6) is 0 Å². The largest absolute Gasteiger partial charge is 0.353 e. The van der Waals surface area contributed by atoms with Gasteiger partial charge in [-0.25, -0.2) is 4.98 Å². The van der Waals surface area contributed by atoms with Crippen LogP contribution in [-0.2, 0) is 0 Å². The molecule has 0 amide bonds. The van der Waals surface area contributed by atoms with E-state index < -0.39 is 4.92 Å². The molecule has 1 saturated heterocycles. The zero-order valence-corrected chi connectivity index (χ0v) is 13.6. The summed E-state index contributed by atoms with van der Waals surface area (Å²) in [6, 6.07) is 5.40. The molecule has 0 aromatic carbocycles. The number of anilines is 2. The number of rotatable bonds is 3. The van der Waals surface area contributed by atoms with E-state index in [4.69, 9.17) is 0 Å². The van der Waals surface area contributed by atoms with E-state index in [2.05, 4.69) is 30.1 Å². The average Bonchev–Trinajstić information content (AvgIpc) is 3.09. The highest BCUT2D eigenvalue weighted by Crippen LogP contribution is 2.23. The first-order valence-corrected chi connectivity index (χ1v) is 7.90. The van der Waals surface area contributed by atoms with Crippen LogP contribution in [0.1, 0.15) is 5.56 Å². The molecule has 0 spiro atoms. The van der Waals surface area contributed by atoms with Gasteiger partial charge in [-0.3, -0.25) is 10.1 Å². The zero-order valence-electron chi connectivity index (χ0n) is 13.6. The molecule has 1 aliphatic heterocycles. The van der Waals surface area contributed by atoms with Crippen molar-refractivity contribution in [2.75, 3.05) is 36.0 Å². The number of nitro groups is 1. The van der Waals surface area contributed by atoms with E-state index in [1.54, 1.807) is 16.9 Å². The fraction of sp³-hybridized carbons (Fsp3) is 0.333. The molecule has 3 aromatic heterocycles. The Balaban J connectivity index is 1.48. The molecule has 0 aliphatic carbocycles. The quantitative estimate of drug-likeness (QED) is 0.515. The third-order valence-electron chi connectivity index (χ3n) is 4.30. The maximum Gasteiger partial charge on any atom is 0.287 e. The summed E-state index contributed by atoms with van der Waals surface area (Å²) >= 11 is 0. The predicted octanol–water partition coefficient (Wildman–Crippen LogP) is 1.06. The molecule has 10 nitrogen and oxygen atoms in total. The standard InChI is InChI=1S/C15H16N8O2/c1-11-8-12(23(24)25)9-16-15(11)21-6-4-20(5-7-21)14-3-2-13-18-17-10-22(13)19-14/h2-3,8-10H,4-7H2,1H3. The molecule has 1 aliphatic rings. The molecule has 0 N–H and O–H groups in total. The van der Waals surface area contributed by atoms with Gasteiger partial charge in [0.15, 0.2) is 5.65 Å². The van der Waals surface area contributed by atoms with E-state index >= 15 is 0 Å². The van der Waals surface area contributed by atoms with Crippen molar-refractivity contribution < 1.29 is 4.92 Å². The van der Waals surface area contributed by atoms with Crippen molar-refractivity contribution >= 4 is 23.0 Å². The van der Waals surface area contributed by atoms with Crippen molar-refractivity contribution in [2.24, 2.45) is 0 Å². The molecule has 1 fully saturated rings. The van der Waals surface area contributed by atoms with Gasteiger partial charge in [-0.1, -0.05) is 0 Å². The Bertz CT molecular complexity index is 932. The van der Waals surface area contributed by atoms with Crippen LogP contribution in [0.15, 0.2) is 30.7 Å². The van der Waals surface area contributed by atoms with Crippen LogP contribution in [0.4, 0.5) is 17.3 Å². The third kappa shape index (κ3) is 2.82. The summed E-state index contributed by atoms with van der Waals surface area (Å²) in [4.78, 5) is 19.0. The van der Waals surface area contributed by atoms with E-state index in [1.807, 2.05) is 19.1 Å². The van der Waals surface area contributed by atoms with Crippen molar-refractivity contribution in [3.8, 4) is 0 Å². The minimum absolute atomic E-state index is 0.0198. The van der Waals surface area contributed by atoms with Gasteiger partial charge < -0.3 is 9.80 Å². The third-order valence-corrected chi connectivity index (χ3v) is 4.30. The summed E-state index contributed by atoms with van der Waals surface area (Å²) < 4.78 is 1.66. The zero-order chi connectivity index (χ0) is 17.4. The number of piperazine rings is 1. The highest BCUT2D eigenvalue weighted by atomic mass is 16.6. The molecule has 0 saturated carbocycles. The lowest BCUT2D eigenvalue weighted by Crippen LogP contribution is -2.47. The maximum absolute atomic E-state index is 10.8. The molecule has 4 heterocycles. The second-order valence-corrected chi connectivity index (χ2v) is 5.89. The average molecular weight is 340 g/mol. The van der Waals surface area contributed by atoms with Gasteiger partial charge in [0.2, 0.25) is 0 Å². The van der Waals surface area contributed by atoms with E-state index in [1.165, 1.54) is 6.20 Å². The van der Waals surface area contributed by atoms with E-state index in [9.17, 15) is 10.1 Å². The van der Waals surface area contributed by atoms with Crippen molar-refractivity contribution in [3.05, 3.63) is 46.4 Å². The van der Waals surface area contributed by atoms with Gasteiger partial charge in [0.05, 0.1) is 4.92 Å². The minimum Gasteiger partial charge on any atom is -0.353 e. The molecule has 3 aromatic rings. The SMILES string of the molecule is Cc1cc([N+](=O)[O-])cnc1N1CCN(c2ccc3nncn3n2)CC1. The number of hydrogen-bond donors (Lipinski definition) is 0.